The predicted octanol–water partition coefficient (Wildman–Crippen LogP) is 2.01. The molecule has 0 aliphatic heterocycles. The number of hydrogen-bond donors (Lipinski definition) is 0. The van der Waals surface area contributed by atoms with Crippen molar-refractivity contribution in [3.8, 4) is 10.4 Å². The summed E-state index contributed by atoms with van der Waals surface area (Å²) in [6, 6.07) is 10.7. The van der Waals surface area contributed by atoms with Gasteiger partial charge in [-0.05, 0) is 23.2 Å². The molecule has 1 aromatic carbocycles. The van der Waals surface area contributed by atoms with Crippen molar-refractivity contribution in [3.63, 3.8) is 0 Å². The van der Waals surface area contributed by atoms with Crippen LogP contribution in [-0.2, 0) is 0 Å². The number of hydrogen-bond acceptors (Lipinski definition) is 3. The Kier molecular flexibility index (Phi) is 1.65. The molecule has 0 fully saturated rings. The van der Waals surface area contributed by atoms with E-state index in [9.17, 15) is 0 Å². The number of nitrogens with zero attached hydrogens (tertiary/aromatic N) is 2. The highest BCUT2D eigenvalue weighted by molar-refractivity contribution is 7.09. The highest BCUT2D eigenvalue weighted by Crippen LogP contribution is 2.19. The standard InChI is InChI=1S/C8H5N2S/c1-2-4-7(5-3-1)8-6-9-10-11-8/h2-6H. The summed E-state index contributed by atoms with van der Waals surface area (Å²) >= 11 is 1.40. The predicted molar refractivity (Wildman–Crippen MR) is 44.2 cm³/mol. The zero-order chi connectivity index (χ0) is 7.52. The van der Waals surface area contributed by atoms with Crippen LogP contribution in [0.4, 0.5) is 0 Å². The van der Waals surface area contributed by atoms with Gasteiger partial charge >= 0.3 is 0 Å². The fourth-order valence-corrected chi connectivity index (χ4v) is 1.36. The maximum absolute atomic E-state index is 3.78. The zero-order valence-corrected chi connectivity index (χ0v) is 6.51. The summed E-state index contributed by atoms with van der Waals surface area (Å²) in [6.45, 7) is 0. The van der Waals surface area contributed by atoms with Crippen molar-refractivity contribution in [2.45, 2.75) is 0 Å². The van der Waals surface area contributed by atoms with Gasteiger partial charge in [-0.2, -0.15) is 0 Å². The van der Waals surface area contributed by atoms with Crippen LogP contribution in [0.3, 0.4) is 0 Å². The number of benzene rings is 1. The first-order valence-electron chi connectivity index (χ1n) is 3.20. The zero-order valence-electron chi connectivity index (χ0n) is 5.69. The fourth-order valence-electron chi connectivity index (χ4n) is 0.846. The van der Waals surface area contributed by atoms with Crippen molar-refractivity contribution in [2.24, 2.45) is 0 Å². The van der Waals surface area contributed by atoms with Gasteiger partial charge in [0.25, 0.3) is 0 Å². The molecule has 2 rings (SSSR count). The summed E-state index contributed by atoms with van der Waals surface area (Å²) < 4.78 is 3.78. The second-order valence-corrected chi connectivity index (χ2v) is 2.86. The molecule has 3 heteroatoms. The Morgan fingerprint density at radius 2 is 2.09 bits per heavy atom. The van der Waals surface area contributed by atoms with E-state index in [1.807, 2.05) is 24.3 Å². The molecule has 1 aromatic heterocycles. The molecular weight excluding hydrogens is 156 g/mol. The third kappa shape index (κ3) is 1.28. The van der Waals surface area contributed by atoms with Crippen molar-refractivity contribution in [3.05, 3.63) is 36.5 Å². The minimum atomic E-state index is 1.10. The summed E-state index contributed by atoms with van der Waals surface area (Å²) in [5, 5.41) is 3.76. The number of rotatable bonds is 1. The largest absolute Gasteiger partial charge is 0.146 e. The van der Waals surface area contributed by atoms with Gasteiger partial charge in [-0.1, -0.05) is 28.8 Å². The molecule has 0 atom stereocenters. The van der Waals surface area contributed by atoms with Crippen LogP contribution in [0.5, 0.6) is 0 Å². The maximum Gasteiger partial charge on any atom is 0.0753 e. The van der Waals surface area contributed by atoms with Crippen LogP contribution in [0.15, 0.2) is 30.5 Å². The third-order valence-electron chi connectivity index (χ3n) is 1.36. The number of aromatic nitrogens is 2. The Balaban J connectivity index is 2.46. The fraction of sp³-hybridized carbons (Fsp3) is 0. The molecule has 2 nitrogen and oxygen atoms in total. The third-order valence-corrected chi connectivity index (χ3v) is 2.08. The summed E-state index contributed by atoms with van der Waals surface area (Å²) in [5.41, 5.74) is 1.15. The van der Waals surface area contributed by atoms with Crippen LogP contribution in [0.25, 0.3) is 10.4 Å². The topological polar surface area (TPSA) is 25.8 Å². The minimum absolute atomic E-state index is 1.10. The molecule has 0 amide bonds. The van der Waals surface area contributed by atoms with Gasteiger partial charge in [0.2, 0.25) is 0 Å². The highest BCUT2D eigenvalue weighted by atomic mass is 32.1. The molecule has 0 saturated heterocycles. The van der Waals surface area contributed by atoms with Crippen LogP contribution in [0.2, 0.25) is 0 Å². The Hall–Kier alpha value is -1.22. The van der Waals surface area contributed by atoms with Gasteiger partial charge in [0, 0.05) is 0 Å². The van der Waals surface area contributed by atoms with Gasteiger partial charge < -0.3 is 0 Å². The molecule has 2 aromatic rings. The minimum Gasteiger partial charge on any atom is -0.146 e. The molecule has 0 bridgehead atoms. The molecule has 0 aliphatic carbocycles. The van der Waals surface area contributed by atoms with E-state index in [2.05, 4.69) is 15.7 Å². The average molecular weight is 161 g/mol. The first-order valence-corrected chi connectivity index (χ1v) is 3.98. The Morgan fingerprint density at radius 3 is 2.73 bits per heavy atom. The molecule has 0 saturated carbocycles. The molecule has 53 valence electrons. The van der Waals surface area contributed by atoms with Crippen molar-refractivity contribution < 1.29 is 0 Å². The second-order valence-electron chi connectivity index (χ2n) is 2.07. The first kappa shape index (κ1) is 6.49. The normalized spacial score (nSPS) is 9.82. The molecule has 0 N–H and O–H groups in total. The first-order chi connectivity index (χ1) is 5.47. The van der Waals surface area contributed by atoms with Crippen molar-refractivity contribution in [1.29, 1.82) is 0 Å². The van der Waals surface area contributed by atoms with E-state index in [0.717, 1.165) is 10.4 Å². The molecule has 11 heavy (non-hydrogen) atoms. The van der Waals surface area contributed by atoms with E-state index in [0.29, 0.717) is 0 Å². The Morgan fingerprint density at radius 1 is 1.27 bits per heavy atom. The van der Waals surface area contributed by atoms with E-state index >= 15 is 0 Å². The lowest BCUT2D eigenvalue weighted by Crippen LogP contribution is -1.68. The van der Waals surface area contributed by atoms with Gasteiger partial charge in [0.1, 0.15) is 0 Å². The molecule has 0 spiro atoms. The molecule has 0 unspecified atom stereocenters. The van der Waals surface area contributed by atoms with E-state index in [4.69, 9.17) is 0 Å². The summed E-state index contributed by atoms with van der Waals surface area (Å²) in [6.07, 6.45) is 1.76. The van der Waals surface area contributed by atoms with E-state index in [1.54, 1.807) is 6.20 Å². The van der Waals surface area contributed by atoms with Crippen LogP contribution in [0, 0.1) is 6.07 Å². The van der Waals surface area contributed by atoms with Gasteiger partial charge in [0.05, 0.1) is 11.1 Å². The maximum atomic E-state index is 3.78. The second kappa shape index (κ2) is 2.80. The van der Waals surface area contributed by atoms with Gasteiger partial charge in [-0.15, -0.1) is 5.10 Å². The molecule has 1 heterocycles. The lowest BCUT2D eigenvalue weighted by molar-refractivity contribution is 1.16. The quantitative estimate of drug-likeness (QED) is 0.639. The average Bonchev–Trinajstić information content (AvgIpc) is 2.58. The lowest BCUT2D eigenvalue weighted by atomic mass is 10.2. The van der Waals surface area contributed by atoms with E-state index in [1.165, 1.54) is 11.5 Å². The van der Waals surface area contributed by atoms with Crippen LogP contribution < -0.4 is 0 Å². The Bertz CT molecular complexity index is 315. The summed E-state index contributed by atoms with van der Waals surface area (Å²) in [7, 11) is 0. The van der Waals surface area contributed by atoms with Crippen LogP contribution >= 0.6 is 11.5 Å². The molecule has 0 aliphatic rings. The van der Waals surface area contributed by atoms with Gasteiger partial charge in [-0.25, -0.2) is 0 Å². The molecular formula is C8H5N2S. The summed E-state index contributed by atoms with van der Waals surface area (Å²) in [5.74, 6) is 0. The highest BCUT2D eigenvalue weighted by Gasteiger charge is 1.96. The van der Waals surface area contributed by atoms with Crippen molar-refractivity contribution in [2.75, 3.05) is 0 Å². The SMILES string of the molecule is [c]1ccc(-c2cnns2)cc1. The van der Waals surface area contributed by atoms with Crippen LogP contribution in [-0.4, -0.2) is 9.59 Å². The van der Waals surface area contributed by atoms with Gasteiger partial charge in [-0.3, -0.25) is 0 Å². The van der Waals surface area contributed by atoms with Gasteiger partial charge in [0.15, 0.2) is 0 Å². The van der Waals surface area contributed by atoms with E-state index in [-0.39, 0.29) is 0 Å². The van der Waals surface area contributed by atoms with Crippen molar-refractivity contribution in [1.82, 2.24) is 9.59 Å². The smallest absolute Gasteiger partial charge is 0.0753 e. The van der Waals surface area contributed by atoms with Crippen LogP contribution in [0.1, 0.15) is 0 Å². The molecule has 1 radical (unpaired) electrons. The van der Waals surface area contributed by atoms with E-state index < -0.39 is 0 Å². The lowest BCUT2D eigenvalue weighted by Gasteiger charge is -1.90. The Labute approximate surface area is 68.7 Å². The summed E-state index contributed by atoms with van der Waals surface area (Å²) in [4.78, 5) is 1.10. The van der Waals surface area contributed by atoms with Crippen molar-refractivity contribution >= 4 is 11.5 Å². The monoisotopic (exact) mass is 161 g/mol.